The maximum Gasteiger partial charge on any atom is 0.409 e. The molecule has 3 rings (SSSR count). The first-order chi connectivity index (χ1) is 14.7. The van der Waals surface area contributed by atoms with Crippen molar-refractivity contribution in [1.29, 1.82) is 0 Å². The van der Waals surface area contributed by atoms with Gasteiger partial charge in [-0.25, -0.2) is 4.21 Å². The number of alkyl halides is 3. The van der Waals surface area contributed by atoms with E-state index in [9.17, 15) is 17.4 Å². The molecule has 0 aliphatic rings. The molecule has 0 saturated heterocycles. The molecule has 0 amide bonds. The Morgan fingerprint density at radius 2 is 1.55 bits per heavy atom. The fourth-order valence-electron chi connectivity index (χ4n) is 3.35. The molecule has 0 spiro atoms. The van der Waals surface area contributed by atoms with Gasteiger partial charge in [0.1, 0.15) is 11.8 Å². The zero-order valence-electron chi connectivity index (χ0n) is 17.4. The normalized spacial score (nSPS) is 14.5. The summed E-state index contributed by atoms with van der Waals surface area (Å²) in [4.78, 5) is 0.932. The van der Waals surface area contributed by atoms with Gasteiger partial charge in [-0.05, 0) is 55.0 Å². The third kappa shape index (κ3) is 5.47. The van der Waals surface area contributed by atoms with E-state index in [4.69, 9.17) is 4.74 Å². The highest BCUT2D eigenvalue weighted by Crippen LogP contribution is 2.37. The Labute approximate surface area is 182 Å². The van der Waals surface area contributed by atoms with E-state index in [1.807, 2.05) is 19.1 Å². The zero-order chi connectivity index (χ0) is 22.6. The van der Waals surface area contributed by atoms with Crippen molar-refractivity contribution >= 4 is 16.5 Å². The molecule has 164 valence electrons. The van der Waals surface area contributed by atoms with Crippen LogP contribution in [0.2, 0.25) is 0 Å². The van der Waals surface area contributed by atoms with E-state index in [2.05, 4.69) is 5.32 Å². The molecule has 1 N–H and O–H groups in total. The minimum absolute atomic E-state index is 0.326. The van der Waals surface area contributed by atoms with Gasteiger partial charge in [-0.2, -0.15) is 13.2 Å². The standard InChI is InChI=1S/C24H24F3NO2S/c1-16-8-14-20(15-9-16)31(29)22-7-5-4-6-21(22)17(2)23(24(25,26)27)28-18-10-12-19(30-3)13-11-18/h4-15,17,23,28H,1-3H3/t17-,23-,31-/m0/s1. The maximum atomic E-state index is 14.0. The first-order valence-corrected chi connectivity index (χ1v) is 10.9. The monoisotopic (exact) mass is 447 g/mol. The van der Waals surface area contributed by atoms with Gasteiger partial charge in [-0.15, -0.1) is 0 Å². The molecule has 0 bridgehead atoms. The molecule has 7 heteroatoms. The second kappa shape index (κ2) is 9.56. The summed E-state index contributed by atoms with van der Waals surface area (Å²) < 4.78 is 60.3. The number of aryl methyl sites for hydroxylation is 1. The Bertz CT molecular complexity index is 1030. The van der Waals surface area contributed by atoms with Gasteiger partial charge in [0, 0.05) is 21.4 Å². The summed E-state index contributed by atoms with van der Waals surface area (Å²) in [7, 11) is -0.0988. The number of methoxy groups -OCH3 is 1. The molecule has 0 aliphatic heterocycles. The van der Waals surface area contributed by atoms with Crippen molar-refractivity contribution in [3.8, 4) is 5.75 Å². The second-order valence-corrected chi connectivity index (χ2v) is 8.75. The van der Waals surface area contributed by atoms with Gasteiger partial charge in [0.15, 0.2) is 0 Å². The quantitative estimate of drug-likeness (QED) is 0.461. The van der Waals surface area contributed by atoms with E-state index in [1.54, 1.807) is 60.7 Å². The van der Waals surface area contributed by atoms with Crippen LogP contribution in [-0.2, 0) is 10.8 Å². The first kappa shape index (κ1) is 22.9. The average Bonchev–Trinajstić information content (AvgIpc) is 2.76. The molecular formula is C24H24F3NO2S. The molecule has 0 heterocycles. The van der Waals surface area contributed by atoms with Crippen LogP contribution in [0.25, 0.3) is 0 Å². The molecule has 0 aromatic heterocycles. The van der Waals surface area contributed by atoms with Crippen molar-refractivity contribution in [2.45, 2.75) is 41.8 Å². The Morgan fingerprint density at radius 1 is 0.935 bits per heavy atom. The lowest BCUT2D eigenvalue weighted by molar-refractivity contribution is -0.146. The highest BCUT2D eigenvalue weighted by molar-refractivity contribution is 7.85. The van der Waals surface area contributed by atoms with Gasteiger partial charge < -0.3 is 10.1 Å². The molecule has 3 atom stereocenters. The molecule has 0 radical (unpaired) electrons. The van der Waals surface area contributed by atoms with Crippen LogP contribution in [0.5, 0.6) is 5.75 Å². The number of ether oxygens (including phenoxy) is 1. The molecule has 0 saturated carbocycles. The SMILES string of the molecule is COc1ccc(N[C@@H]([C@@H](C)c2ccccc2[S@@](=O)c2ccc(C)cc2)C(F)(F)F)cc1. The van der Waals surface area contributed by atoms with Gasteiger partial charge in [0.05, 0.1) is 17.9 Å². The predicted octanol–water partition coefficient (Wildman–Crippen LogP) is 6.32. The summed E-state index contributed by atoms with van der Waals surface area (Å²) in [5.41, 5.74) is 1.74. The van der Waals surface area contributed by atoms with E-state index in [0.717, 1.165) is 5.56 Å². The van der Waals surface area contributed by atoms with Crippen molar-refractivity contribution in [2.24, 2.45) is 0 Å². The summed E-state index contributed by atoms with van der Waals surface area (Å²) in [5, 5.41) is 2.60. The summed E-state index contributed by atoms with van der Waals surface area (Å²) in [5.74, 6) is -0.423. The summed E-state index contributed by atoms with van der Waals surface area (Å²) >= 11 is 0. The molecule has 3 aromatic rings. The van der Waals surface area contributed by atoms with E-state index in [-0.39, 0.29) is 0 Å². The number of hydrogen-bond acceptors (Lipinski definition) is 3. The Balaban J connectivity index is 1.95. The van der Waals surface area contributed by atoms with Crippen molar-refractivity contribution in [3.63, 3.8) is 0 Å². The summed E-state index contributed by atoms with van der Waals surface area (Å²) in [6.45, 7) is 3.42. The molecule has 3 nitrogen and oxygen atoms in total. The Morgan fingerprint density at radius 3 is 2.13 bits per heavy atom. The number of anilines is 1. The van der Waals surface area contributed by atoms with Crippen LogP contribution in [0.15, 0.2) is 82.6 Å². The Hall–Kier alpha value is -2.80. The van der Waals surface area contributed by atoms with E-state index >= 15 is 0 Å². The van der Waals surface area contributed by atoms with Crippen LogP contribution < -0.4 is 10.1 Å². The first-order valence-electron chi connectivity index (χ1n) is 9.75. The van der Waals surface area contributed by atoms with Gasteiger partial charge in [-0.3, -0.25) is 0 Å². The minimum Gasteiger partial charge on any atom is -0.497 e. The predicted molar refractivity (Wildman–Crippen MR) is 117 cm³/mol. The molecule has 0 fully saturated rings. The third-order valence-corrected chi connectivity index (χ3v) is 6.58. The summed E-state index contributed by atoms with van der Waals surface area (Å²) in [6, 6.07) is 18.2. The lowest BCUT2D eigenvalue weighted by Gasteiger charge is -2.29. The van der Waals surface area contributed by atoms with Crippen LogP contribution in [0, 0.1) is 6.92 Å². The maximum absolute atomic E-state index is 14.0. The highest BCUT2D eigenvalue weighted by atomic mass is 32.2. The topological polar surface area (TPSA) is 38.3 Å². The highest BCUT2D eigenvalue weighted by Gasteiger charge is 2.44. The van der Waals surface area contributed by atoms with Gasteiger partial charge in [0.25, 0.3) is 0 Å². The molecule has 0 unspecified atom stereocenters. The number of halogens is 3. The number of benzene rings is 3. The Kier molecular flexibility index (Phi) is 7.05. The van der Waals surface area contributed by atoms with Crippen molar-refractivity contribution < 1.29 is 22.1 Å². The van der Waals surface area contributed by atoms with E-state index in [0.29, 0.717) is 26.8 Å². The number of rotatable bonds is 7. The second-order valence-electron chi connectivity index (χ2n) is 7.30. The van der Waals surface area contributed by atoms with Gasteiger partial charge in [-0.1, -0.05) is 42.8 Å². The van der Waals surface area contributed by atoms with Crippen LogP contribution >= 0.6 is 0 Å². The smallest absolute Gasteiger partial charge is 0.409 e. The van der Waals surface area contributed by atoms with E-state index in [1.165, 1.54) is 14.0 Å². The van der Waals surface area contributed by atoms with Crippen molar-refractivity contribution in [3.05, 3.63) is 83.9 Å². The molecular weight excluding hydrogens is 423 g/mol. The fourth-order valence-corrected chi connectivity index (χ4v) is 4.66. The lowest BCUT2D eigenvalue weighted by atomic mass is 9.92. The van der Waals surface area contributed by atoms with E-state index < -0.39 is 28.9 Å². The van der Waals surface area contributed by atoms with Crippen LogP contribution in [0.1, 0.15) is 24.0 Å². The largest absolute Gasteiger partial charge is 0.497 e. The average molecular weight is 448 g/mol. The van der Waals surface area contributed by atoms with Gasteiger partial charge in [0.2, 0.25) is 0 Å². The lowest BCUT2D eigenvalue weighted by Crippen LogP contribution is -2.40. The third-order valence-electron chi connectivity index (χ3n) is 5.11. The number of nitrogens with one attached hydrogen (secondary N) is 1. The van der Waals surface area contributed by atoms with Gasteiger partial charge >= 0.3 is 6.18 Å². The fraction of sp³-hybridized carbons (Fsp3) is 0.250. The molecule has 3 aromatic carbocycles. The number of hydrogen-bond donors (Lipinski definition) is 1. The van der Waals surface area contributed by atoms with Crippen molar-refractivity contribution in [1.82, 2.24) is 0 Å². The molecule has 0 aliphatic carbocycles. The van der Waals surface area contributed by atoms with Crippen LogP contribution in [0.3, 0.4) is 0 Å². The van der Waals surface area contributed by atoms with Crippen LogP contribution in [0.4, 0.5) is 18.9 Å². The molecule has 31 heavy (non-hydrogen) atoms. The summed E-state index contributed by atoms with van der Waals surface area (Å²) in [6.07, 6.45) is -4.52. The minimum atomic E-state index is -4.52. The van der Waals surface area contributed by atoms with Crippen molar-refractivity contribution in [2.75, 3.05) is 12.4 Å². The van der Waals surface area contributed by atoms with Crippen LogP contribution in [-0.4, -0.2) is 23.5 Å². The zero-order valence-corrected chi connectivity index (χ0v) is 18.3.